The largest absolute Gasteiger partial charge is 0.487 e. The Morgan fingerprint density at radius 2 is 1.79 bits per heavy atom. The number of nitrogens with one attached hydrogen (secondary N) is 1. The van der Waals surface area contributed by atoms with Gasteiger partial charge in [-0.3, -0.25) is 9.69 Å². The molecular formula is C31H35F2N9O5. The van der Waals surface area contributed by atoms with Crippen molar-refractivity contribution in [1.82, 2.24) is 29.7 Å². The number of ether oxygens (including phenoxy) is 3. The number of piperidine rings is 1. The van der Waals surface area contributed by atoms with Crippen LogP contribution in [0.25, 0.3) is 11.4 Å². The van der Waals surface area contributed by atoms with E-state index in [9.17, 15) is 23.9 Å². The maximum atomic E-state index is 12.7. The van der Waals surface area contributed by atoms with Crippen molar-refractivity contribution >= 4 is 23.4 Å². The summed E-state index contributed by atoms with van der Waals surface area (Å²) in [5.41, 5.74) is 1.85. The molecule has 3 aromatic rings. The van der Waals surface area contributed by atoms with Crippen LogP contribution >= 0.6 is 0 Å². The van der Waals surface area contributed by atoms with E-state index in [4.69, 9.17) is 14.2 Å². The zero-order chi connectivity index (χ0) is 32.9. The van der Waals surface area contributed by atoms with Gasteiger partial charge in [0.1, 0.15) is 23.7 Å². The average molecular weight is 652 g/mol. The molecular weight excluding hydrogens is 616 g/mol. The lowest BCUT2D eigenvalue weighted by atomic mass is 10.1. The third-order valence-corrected chi connectivity index (χ3v) is 8.49. The number of carbonyl (C=O) groups is 1. The molecule has 47 heavy (non-hydrogen) atoms. The monoisotopic (exact) mass is 651 g/mol. The summed E-state index contributed by atoms with van der Waals surface area (Å²) in [5, 5.41) is 22.3. The van der Waals surface area contributed by atoms with Crippen LogP contribution in [0, 0.1) is 11.3 Å². The fourth-order valence-corrected chi connectivity index (χ4v) is 5.76. The lowest BCUT2D eigenvalue weighted by Gasteiger charge is -2.43. The molecule has 1 atom stereocenters. The Balaban J connectivity index is 1.08. The number of rotatable bonds is 10. The number of carbonyl (C=O) groups excluding carboxylic acids is 1. The van der Waals surface area contributed by atoms with Crippen molar-refractivity contribution in [2.45, 2.75) is 37.5 Å². The summed E-state index contributed by atoms with van der Waals surface area (Å²) < 4.78 is 42.4. The van der Waals surface area contributed by atoms with E-state index in [1.54, 1.807) is 31.5 Å². The Hall–Kier alpha value is -4.72. The zero-order valence-electron chi connectivity index (χ0n) is 25.8. The number of aliphatic hydroxyl groups excluding tert-OH is 1. The molecule has 14 nitrogen and oxygen atoms in total. The normalized spacial score (nSPS) is 18.4. The SMILES string of the molecule is COc1nc(Nc2nccc(-c3ccc(OC4CCN(C(=O)[C@H](O)C(F)F)CC4)c(C#N)n3)n2)ccc1N1CCN(C2COC2)CC1. The number of methoxy groups -OCH3 is 1. The van der Waals surface area contributed by atoms with Gasteiger partial charge in [-0.25, -0.2) is 23.7 Å². The van der Waals surface area contributed by atoms with Crippen LogP contribution in [0.2, 0.25) is 0 Å². The Bertz CT molecular complexity index is 1610. The van der Waals surface area contributed by atoms with Gasteiger partial charge in [0.15, 0.2) is 17.5 Å². The fraction of sp³-hybridized carbons (Fsp3) is 0.484. The van der Waals surface area contributed by atoms with Gasteiger partial charge in [-0.15, -0.1) is 0 Å². The second-order valence-electron chi connectivity index (χ2n) is 11.4. The molecule has 0 aromatic carbocycles. The number of piperazine rings is 1. The van der Waals surface area contributed by atoms with Gasteiger partial charge in [0.2, 0.25) is 11.8 Å². The van der Waals surface area contributed by atoms with E-state index in [0.717, 1.165) is 45.1 Å². The fourth-order valence-electron chi connectivity index (χ4n) is 5.76. The predicted molar refractivity (Wildman–Crippen MR) is 165 cm³/mol. The smallest absolute Gasteiger partial charge is 0.273 e. The van der Waals surface area contributed by atoms with Crippen molar-refractivity contribution in [3.05, 3.63) is 42.2 Å². The molecule has 0 spiro atoms. The highest BCUT2D eigenvalue weighted by atomic mass is 19.3. The number of nitriles is 1. The second-order valence-corrected chi connectivity index (χ2v) is 11.4. The van der Waals surface area contributed by atoms with Gasteiger partial charge in [-0.05, 0) is 30.3 Å². The van der Waals surface area contributed by atoms with E-state index in [0.29, 0.717) is 42.0 Å². The lowest BCUT2D eigenvalue weighted by molar-refractivity contribution is -0.150. The van der Waals surface area contributed by atoms with Gasteiger partial charge < -0.3 is 34.4 Å². The van der Waals surface area contributed by atoms with E-state index in [1.165, 1.54) is 4.90 Å². The van der Waals surface area contributed by atoms with Crippen LogP contribution in [0.3, 0.4) is 0 Å². The van der Waals surface area contributed by atoms with Gasteiger partial charge >= 0.3 is 0 Å². The standard InChI is InChI=1S/C31H35F2N9O5/c1-45-29-24(41-14-12-40(13-15-41)19-17-46-18-19)3-5-26(38-29)39-31-35-9-6-22(37-31)21-2-4-25(23(16-34)36-21)47-20-7-10-42(11-8-20)30(44)27(43)28(32)33/h2-6,9,19-20,27-28,43H,7-8,10-15,17-18H2,1H3,(H,35,37,38,39)/t27-/m1/s1. The Morgan fingerprint density at radius 3 is 2.45 bits per heavy atom. The summed E-state index contributed by atoms with van der Waals surface area (Å²) in [6, 6.07) is 11.3. The first-order valence-corrected chi connectivity index (χ1v) is 15.4. The van der Waals surface area contributed by atoms with Gasteiger partial charge in [0.25, 0.3) is 12.3 Å². The third-order valence-electron chi connectivity index (χ3n) is 8.49. The molecule has 6 rings (SSSR count). The number of anilines is 3. The number of amides is 1. The molecule has 3 fully saturated rings. The molecule has 3 aromatic heterocycles. The van der Waals surface area contributed by atoms with Gasteiger partial charge in [0, 0.05) is 58.3 Å². The van der Waals surface area contributed by atoms with Crippen LogP contribution in [0.4, 0.5) is 26.2 Å². The van der Waals surface area contributed by atoms with Crippen molar-refractivity contribution in [1.29, 1.82) is 5.26 Å². The summed E-state index contributed by atoms with van der Waals surface area (Å²) in [6.07, 6.45) is -3.57. The summed E-state index contributed by atoms with van der Waals surface area (Å²) in [5.74, 6) is 0.526. The van der Waals surface area contributed by atoms with E-state index < -0.39 is 18.4 Å². The highest BCUT2D eigenvalue weighted by Crippen LogP contribution is 2.31. The number of aliphatic hydroxyl groups is 1. The molecule has 0 bridgehead atoms. The molecule has 2 N–H and O–H groups in total. The minimum Gasteiger partial charge on any atom is -0.487 e. The molecule has 0 saturated carbocycles. The van der Waals surface area contributed by atoms with Gasteiger partial charge in [-0.1, -0.05) is 0 Å². The number of likely N-dealkylation sites (tertiary alicyclic amines) is 1. The minimum absolute atomic E-state index is 0.0473. The first kappa shape index (κ1) is 32.2. The maximum absolute atomic E-state index is 12.7. The van der Waals surface area contributed by atoms with E-state index in [-0.39, 0.29) is 36.6 Å². The number of aromatic nitrogens is 4. The van der Waals surface area contributed by atoms with E-state index >= 15 is 0 Å². The molecule has 6 heterocycles. The topological polar surface area (TPSA) is 162 Å². The van der Waals surface area contributed by atoms with Crippen LogP contribution < -0.4 is 19.7 Å². The highest BCUT2D eigenvalue weighted by molar-refractivity contribution is 5.81. The first-order chi connectivity index (χ1) is 22.8. The third kappa shape index (κ3) is 7.32. The minimum atomic E-state index is -3.14. The maximum Gasteiger partial charge on any atom is 0.273 e. The molecule has 0 aliphatic carbocycles. The molecule has 3 saturated heterocycles. The van der Waals surface area contributed by atoms with Crippen LogP contribution in [-0.2, 0) is 9.53 Å². The molecule has 1 amide bonds. The number of hydrogen-bond donors (Lipinski definition) is 2. The number of nitrogens with zero attached hydrogens (tertiary/aromatic N) is 8. The molecule has 0 radical (unpaired) electrons. The first-order valence-electron chi connectivity index (χ1n) is 15.4. The number of halogens is 2. The van der Waals surface area contributed by atoms with Crippen LogP contribution in [0.5, 0.6) is 11.6 Å². The molecule has 3 aliphatic heterocycles. The summed E-state index contributed by atoms with van der Waals surface area (Å²) >= 11 is 0. The van der Waals surface area contributed by atoms with Crippen molar-refractivity contribution in [2.24, 2.45) is 0 Å². The van der Waals surface area contributed by atoms with E-state index in [2.05, 4.69) is 41.1 Å². The summed E-state index contributed by atoms with van der Waals surface area (Å²) in [4.78, 5) is 35.9. The van der Waals surface area contributed by atoms with Crippen LogP contribution in [0.15, 0.2) is 36.5 Å². The van der Waals surface area contributed by atoms with E-state index in [1.807, 2.05) is 12.1 Å². The molecule has 16 heteroatoms. The number of pyridine rings is 2. The predicted octanol–water partition coefficient (Wildman–Crippen LogP) is 2.07. The Kier molecular flexibility index (Phi) is 9.85. The zero-order valence-corrected chi connectivity index (χ0v) is 25.8. The summed E-state index contributed by atoms with van der Waals surface area (Å²) in [6.45, 7) is 5.53. The van der Waals surface area contributed by atoms with Gasteiger partial charge in [-0.2, -0.15) is 10.2 Å². The Labute approximate surface area is 269 Å². The highest BCUT2D eigenvalue weighted by Gasteiger charge is 2.33. The average Bonchev–Trinajstić information content (AvgIpc) is 3.07. The van der Waals surface area contributed by atoms with Crippen LogP contribution in [0.1, 0.15) is 18.5 Å². The molecule has 0 unspecified atom stereocenters. The second kappa shape index (κ2) is 14.4. The molecule has 3 aliphatic rings. The number of hydrogen-bond acceptors (Lipinski definition) is 13. The Morgan fingerprint density at radius 1 is 1.04 bits per heavy atom. The van der Waals surface area contributed by atoms with Crippen molar-refractivity contribution in [3.8, 4) is 29.1 Å². The van der Waals surface area contributed by atoms with Crippen molar-refractivity contribution in [2.75, 3.05) is 69.8 Å². The lowest BCUT2D eigenvalue weighted by Crippen LogP contribution is -2.56. The van der Waals surface area contributed by atoms with Crippen molar-refractivity contribution in [3.63, 3.8) is 0 Å². The van der Waals surface area contributed by atoms with Crippen LogP contribution in [-0.4, -0.2) is 125 Å². The quantitative estimate of drug-likeness (QED) is 0.328. The summed E-state index contributed by atoms with van der Waals surface area (Å²) in [7, 11) is 1.59. The van der Waals surface area contributed by atoms with Gasteiger partial charge in [0.05, 0.1) is 37.8 Å². The number of alkyl halides is 2. The molecule has 248 valence electrons. The van der Waals surface area contributed by atoms with Crippen molar-refractivity contribution < 1.29 is 32.9 Å².